The van der Waals surface area contributed by atoms with Crippen LogP contribution in [-0.4, -0.2) is 15.7 Å². The van der Waals surface area contributed by atoms with Crippen molar-refractivity contribution in [2.24, 2.45) is 5.34 Å². The zero-order chi connectivity index (χ0) is 13.1. The maximum Gasteiger partial charge on any atom is 0.258 e. The molecule has 0 saturated carbocycles. The Morgan fingerprint density at radius 1 is 1.67 bits per heavy atom. The van der Waals surface area contributed by atoms with E-state index in [0.29, 0.717) is 4.77 Å². The lowest BCUT2D eigenvalue weighted by atomic mass is 10.2. The highest BCUT2D eigenvalue weighted by molar-refractivity contribution is 7.71. The molecule has 0 aliphatic carbocycles. The number of ether oxygens (including phenoxy) is 1. The molecular weight excluding hydrogens is 258 g/mol. The van der Waals surface area contributed by atoms with E-state index in [1.165, 1.54) is 0 Å². The van der Waals surface area contributed by atoms with Crippen LogP contribution in [0.15, 0.2) is 16.3 Å². The number of hydrogen-bond acceptors (Lipinski definition) is 6. The summed E-state index contributed by atoms with van der Waals surface area (Å²) in [5.41, 5.74) is -0.0997. The molecule has 0 bridgehead atoms. The van der Waals surface area contributed by atoms with Crippen molar-refractivity contribution in [1.82, 2.24) is 9.55 Å². The molecule has 0 amide bonds. The molecular formula is C10H13N3O4S. The largest absolute Gasteiger partial charge is 0.359 e. The minimum Gasteiger partial charge on any atom is -0.359 e. The fraction of sp³-hybridized carbons (Fsp3) is 0.600. The number of hydrogen-bond donors (Lipinski definition) is 1. The summed E-state index contributed by atoms with van der Waals surface area (Å²) < 4.78 is 7.64. The Balaban J connectivity index is 2.32. The Morgan fingerprint density at radius 3 is 3.06 bits per heavy atom. The van der Waals surface area contributed by atoms with E-state index in [1.807, 2.05) is 6.92 Å². The quantitative estimate of drug-likeness (QED) is 0.512. The van der Waals surface area contributed by atoms with Gasteiger partial charge in [0.15, 0.2) is 16.7 Å². The van der Waals surface area contributed by atoms with Gasteiger partial charge in [-0.15, -0.1) is 4.91 Å². The maximum absolute atomic E-state index is 11.6. The van der Waals surface area contributed by atoms with Gasteiger partial charge in [-0.2, -0.15) is 0 Å². The van der Waals surface area contributed by atoms with Gasteiger partial charge in [0.05, 0.1) is 11.7 Å². The van der Waals surface area contributed by atoms with Crippen molar-refractivity contribution < 1.29 is 9.57 Å². The zero-order valence-corrected chi connectivity index (χ0v) is 10.6. The molecule has 2 rings (SSSR count). The van der Waals surface area contributed by atoms with Crippen LogP contribution in [0.5, 0.6) is 0 Å². The van der Waals surface area contributed by atoms with Crippen LogP contribution < -0.4 is 5.56 Å². The number of H-pyrrole nitrogens is 1. The van der Waals surface area contributed by atoms with E-state index in [-0.39, 0.29) is 30.1 Å². The van der Waals surface area contributed by atoms with E-state index in [4.69, 9.17) is 17.0 Å². The molecule has 0 radical (unpaired) electrons. The van der Waals surface area contributed by atoms with Crippen LogP contribution in [0, 0.1) is 9.68 Å². The lowest BCUT2D eigenvalue weighted by Crippen LogP contribution is -2.21. The number of rotatable bonds is 4. The highest BCUT2D eigenvalue weighted by Gasteiger charge is 2.23. The van der Waals surface area contributed by atoms with Gasteiger partial charge in [0.2, 0.25) is 0 Å². The average Bonchev–Trinajstić information content (AvgIpc) is 2.74. The van der Waals surface area contributed by atoms with Crippen LogP contribution in [0.4, 0.5) is 0 Å². The molecule has 1 aliphatic rings. The third kappa shape index (κ3) is 2.65. The molecule has 2 atom stereocenters. The first-order valence-electron chi connectivity index (χ1n) is 5.56. The third-order valence-corrected chi connectivity index (χ3v) is 3.15. The van der Waals surface area contributed by atoms with Crippen LogP contribution >= 0.6 is 12.2 Å². The summed E-state index contributed by atoms with van der Waals surface area (Å²) in [6.07, 6.45) is 3.29. The van der Waals surface area contributed by atoms with Crippen LogP contribution in [-0.2, 0) is 16.2 Å². The van der Waals surface area contributed by atoms with Gasteiger partial charge in [-0.05, 0) is 32.0 Å². The van der Waals surface area contributed by atoms with E-state index >= 15 is 0 Å². The molecule has 1 saturated heterocycles. The molecule has 98 valence electrons. The smallest absolute Gasteiger partial charge is 0.258 e. The number of aromatic amines is 1. The fourth-order valence-electron chi connectivity index (χ4n) is 1.93. The Kier molecular flexibility index (Phi) is 3.87. The summed E-state index contributed by atoms with van der Waals surface area (Å²) in [5.74, 6) is 0. The van der Waals surface area contributed by atoms with Crippen molar-refractivity contribution in [3.8, 4) is 0 Å². The van der Waals surface area contributed by atoms with Gasteiger partial charge in [-0.3, -0.25) is 14.3 Å². The molecule has 8 heteroatoms. The third-order valence-electron chi connectivity index (χ3n) is 2.83. The normalized spacial score (nSPS) is 22.9. The van der Waals surface area contributed by atoms with Crippen molar-refractivity contribution in [3.05, 3.63) is 31.8 Å². The summed E-state index contributed by atoms with van der Waals surface area (Å²) in [5, 5.41) is 2.26. The predicted octanol–water partition coefficient (Wildman–Crippen LogP) is 1.80. The van der Waals surface area contributed by atoms with E-state index in [9.17, 15) is 9.70 Å². The maximum atomic E-state index is 11.6. The first kappa shape index (κ1) is 12.9. The van der Waals surface area contributed by atoms with Gasteiger partial charge in [0, 0.05) is 6.20 Å². The molecule has 0 spiro atoms. The fourth-order valence-corrected chi connectivity index (χ4v) is 2.19. The minimum absolute atomic E-state index is 0.167. The SMILES string of the molecule is CC1CCC(n2cc(CON=O)c(=O)[nH]c2=S)O1. The second kappa shape index (κ2) is 5.40. The van der Waals surface area contributed by atoms with Crippen LogP contribution in [0.1, 0.15) is 31.6 Å². The summed E-state index contributed by atoms with van der Waals surface area (Å²) >= 11 is 5.09. The van der Waals surface area contributed by atoms with E-state index in [0.717, 1.165) is 12.8 Å². The molecule has 2 unspecified atom stereocenters. The van der Waals surface area contributed by atoms with Crippen LogP contribution in [0.25, 0.3) is 0 Å². The molecule has 2 heterocycles. The second-order valence-electron chi connectivity index (χ2n) is 4.15. The minimum atomic E-state index is -0.383. The molecule has 7 nitrogen and oxygen atoms in total. The highest BCUT2D eigenvalue weighted by Crippen LogP contribution is 2.27. The highest BCUT2D eigenvalue weighted by atomic mass is 32.1. The van der Waals surface area contributed by atoms with Crippen LogP contribution in [0.3, 0.4) is 0 Å². The molecule has 1 aromatic heterocycles. The van der Waals surface area contributed by atoms with Crippen molar-refractivity contribution in [2.45, 2.75) is 38.7 Å². The Labute approximate surface area is 108 Å². The Bertz CT molecular complexity index is 553. The zero-order valence-electron chi connectivity index (χ0n) is 9.79. The van der Waals surface area contributed by atoms with Gasteiger partial charge in [-0.25, -0.2) is 0 Å². The topological polar surface area (TPSA) is 85.7 Å². The first-order chi connectivity index (χ1) is 8.61. The first-order valence-corrected chi connectivity index (χ1v) is 5.97. The second-order valence-corrected chi connectivity index (χ2v) is 4.53. The lowest BCUT2D eigenvalue weighted by molar-refractivity contribution is 0.00857. The molecule has 1 aliphatic heterocycles. The van der Waals surface area contributed by atoms with Gasteiger partial charge < -0.3 is 9.57 Å². The van der Waals surface area contributed by atoms with E-state index < -0.39 is 0 Å². The number of nitrogens with one attached hydrogen (secondary N) is 1. The Hall–Kier alpha value is -1.54. The van der Waals surface area contributed by atoms with Crippen molar-refractivity contribution in [2.75, 3.05) is 0 Å². The lowest BCUT2D eigenvalue weighted by Gasteiger charge is -2.16. The monoisotopic (exact) mass is 271 g/mol. The summed E-state index contributed by atoms with van der Waals surface area (Å²) in [4.78, 5) is 28.3. The number of aromatic nitrogens is 2. The van der Waals surface area contributed by atoms with Crippen molar-refractivity contribution >= 4 is 12.2 Å². The summed E-state index contributed by atoms with van der Waals surface area (Å²) in [6, 6.07) is 0. The Morgan fingerprint density at radius 2 is 2.44 bits per heavy atom. The van der Waals surface area contributed by atoms with Gasteiger partial charge in [0.25, 0.3) is 5.56 Å². The number of nitrogens with zero attached hydrogens (tertiary/aromatic N) is 2. The van der Waals surface area contributed by atoms with Gasteiger partial charge >= 0.3 is 0 Å². The molecule has 1 fully saturated rings. The van der Waals surface area contributed by atoms with E-state index in [1.54, 1.807) is 10.8 Å². The molecule has 1 N–H and O–H groups in total. The van der Waals surface area contributed by atoms with E-state index in [2.05, 4.69) is 15.2 Å². The molecule has 18 heavy (non-hydrogen) atoms. The molecule has 0 aromatic carbocycles. The van der Waals surface area contributed by atoms with Gasteiger partial charge in [0.1, 0.15) is 6.23 Å². The van der Waals surface area contributed by atoms with Gasteiger partial charge in [-0.1, -0.05) is 0 Å². The summed E-state index contributed by atoms with van der Waals surface area (Å²) in [7, 11) is 0. The van der Waals surface area contributed by atoms with Crippen molar-refractivity contribution in [1.29, 1.82) is 0 Å². The van der Waals surface area contributed by atoms with Crippen molar-refractivity contribution in [3.63, 3.8) is 0 Å². The standard InChI is InChI=1S/C10H13N3O4S/c1-6-2-3-8(17-6)13-4-7(5-16-12-15)9(14)11-10(13)18/h4,6,8H,2-3,5H2,1H3,(H,11,14,18). The molecule has 1 aromatic rings. The van der Waals surface area contributed by atoms with Crippen LogP contribution in [0.2, 0.25) is 0 Å². The predicted molar refractivity (Wildman–Crippen MR) is 65.3 cm³/mol. The summed E-state index contributed by atoms with van der Waals surface area (Å²) in [6.45, 7) is 1.80. The average molecular weight is 271 g/mol.